The zero-order valence-electron chi connectivity index (χ0n) is 13.9. The van der Waals surface area contributed by atoms with E-state index < -0.39 is 17.9 Å². The van der Waals surface area contributed by atoms with Gasteiger partial charge in [-0.15, -0.1) is 0 Å². The number of nitrogens with zero attached hydrogens (tertiary/aromatic N) is 3. The lowest BCUT2D eigenvalue weighted by atomic mass is 10.1. The van der Waals surface area contributed by atoms with E-state index in [0.717, 1.165) is 22.2 Å². The monoisotopic (exact) mass is 362 g/mol. The van der Waals surface area contributed by atoms with Crippen LogP contribution in [0.1, 0.15) is 16.7 Å². The minimum atomic E-state index is -4.54. The van der Waals surface area contributed by atoms with Crippen molar-refractivity contribution >= 4 is 24.0 Å². The van der Waals surface area contributed by atoms with E-state index in [2.05, 4.69) is 5.10 Å². The smallest absolute Gasteiger partial charge is 0.399 e. The van der Waals surface area contributed by atoms with Crippen molar-refractivity contribution in [1.29, 1.82) is 0 Å². The number of nitrogen functional groups attached to an aromatic ring is 1. The minimum absolute atomic E-state index is 0.163. The molecule has 0 saturated heterocycles. The molecule has 8 heteroatoms. The maximum Gasteiger partial charge on any atom is 0.418 e. The lowest BCUT2D eigenvalue weighted by Gasteiger charge is -2.28. The zero-order chi connectivity index (χ0) is 18.9. The highest BCUT2D eigenvalue weighted by Crippen LogP contribution is 2.38. The standard InChI is InChI=1S/C18H17F3N4O/c1-12-8-13(6-7-15(12)22)9-24-11-23-25(17(24)10-26)16-5-3-2-4-14(16)18(19,20)21/h2-8,10-11,17H,9,22H2,1H3. The molecule has 2 N–H and O–H groups in total. The quantitative estimate of drug-likeness (QED) is 0.669. The fourth-order valence-electron chi connectivity index (χ4n) is 2.83. The lowest BCUT2D eigenvalue weighted by Crippen LogP contribution is -2.41. The van der Waals surface area contributed by atoms with Gasteiger partial charge in [0, 0.05) is 12.2 Å². The molecule has 1 aliphatic heterocycles. The Morgan fingerprint density at radius 3 is 2.62 bits per heavy atom. The number of carbonyl (C=O) groups excluding carboxylic acids is 1. The molecule has 2 aromatic carbocycles. The summed E-state index contributed by atoms with van der Waals surface area (Å²) in [6.45, 7) is 2.18. The van der Waals surface area contributed by atoms with Gasteiger partial charge in [0.15, 0.2) is 12.5 Å². The molecule has 0 aliphatic carbocycles. The first kappa shape index (κ1) is 17.8. The number of aryl methyl sites for hydroxylation is 1. The summed E-state index contributed by atoms with van der Waals surface area (Å²) in [5.74, 6) is 0. The second kappa shape index (κ2) is 6.70. The lowest BCUT2D eigenvalue weighted by molar-refractivity contribution is -0.137. The summed E-state index contributed by atoms with van der Waals surface area (Å²) in [6.07, 6.45) is -3.56. The number of alkyl halides is 3. The van der Waals surface area contributed by atoms with Crippen LogP contribution in [0.5, 0.6) is 0 Å². The minimum Gasteiger partial charge on any atom is -0.399 e. The van der Waals surface area contributed by atoms with Crippen molar-refractivity contribution in [3.8, 4) is 0 Å². The number of para-hydroxylation sites is 1. The van der Waals surface area contributed by atoms with Crippen LogP contribution in [-0.2, 0) is 17.5 Å². The number of aldehydes is 1. The summed E-state index contributed by atoms with van der Waals surface area (Å²) in [5.41, 5.74) is 7.21. The molecule has 0 fully saturated rings. The van der Waals surface area contributed by atoms with Crippen LogP contribution in [0.4, 0.5) is 24.5 Å². The molecule has 1 unspecified atom stereocenters. The van der Waals surface area contributed by atoms with Crippen LogP contribution in [0, 0.1) is 6.92 Å². The highest BCUT2D eigenvalue weighted by Gasteiger charge is 2.38. The van der Waals surface area contributed by atoms with E-state index in [1.54, 1.807) is 11.0 Å². The summed E-state index contributed by atoms with van der Waals surface area (Å²) in [4.78, 5) is 13.2. The van der Waals surface area contributed by atoms with Crippen LogP contribution < -0.4 is 10.7 Å². The van der Waals surface area contributed by atoms with E-state index in [1.165, 1.54) is 24.5 Å². The molecule has 1 atom stereocenters. The van der Waals surface area contributed by atoms with E-state index in [-0.39, 0.29) is 5.69 Å². The second-order valence-electron chi connectivity index (χ2n) is 6.00. The van der Waals surface area contributed by atoms with Crippen LogP contribution in [0.3, 0.4) is 0 Å². The average molecular weight is 362 g/mol. The zero-order valence-corrected chi connectivity index (χ0v) is 13.9. The summed E-state index contributed by atoms with van der Waals surface area (Å²) < 4.78 is 39.8. The van der Waals surface area contributed by atoms with Gasteiger partial charge in [-0.2, -0.15) is 18.3 Å². The molecular formula is C18H17F3N4O. The molecule has 5 nitrogen and oxygen atoms in total. The number of hydrogen-bond acceptors (Lipinski definition) is 5. The van der Waals surface area contributed by atoms with Crippen molar-refractivity contribution in [2.75, 3.05) is 10.7 Å². The fourth-order valence-corrected chi connectivity index (χ4v) is 2.83. The predicted molar refractivity (Wildman–Crippen MR) is 93.4 cm³/mol. The number of anilines is 2. The number of halogens is 3. The molecule has 0 aromatic heterocycles. The maximum absolute atomic E-state index is 13.3. The van der Waals surface area contributed by atoms with Gasteiger partial charge in [-0.25, -0.2) is 5.01 Å². The molecule has 0 bridgehead atoms. The largest absolute Gasteiger partial charge is 0.418 e. The molecule has 0 spiro atoms. The number of hydrazone groups is 1. The molecule has 2 aromatic rings. The summed E-state index contributed by atoms with van der Waals surface area (Å²) in [5, 5.41) is 5.11. The Kier molecular flexibility index (Phi) is 4.58. The molecule has 0 amide bonds. The summed E-state index contributed by atoms with van der Waals surface area (Å²) in [7, 11) is 0. The topological polar surface area (TPSA) is 61.9 Å². The van der Waals surface area contributed by atoms with Crippen LogP contribution in [-0.4, -0.2) is 23.7 Å². The van der Waals surface area contributed by atoms with E-state index in [0.29, 0.717) is 18.5 Å². The fraction of sp³-hybridized carbons (Fsp3) is 0.222. The molecule has 0 radical (unpaired) electrons. The third-order valence-electron chi connectivity index (χ3n) is 4.19. The van der Waals surface area contributed by atoms with Gasteiger partial charge in [-0.1, -0.05) is 24.3 Å². The highest BCUT2D eigenvalue weighted by atomic mass is 19.4. The Hall–Kier alpha value is -3.03. The van der Waals surface area contributed by atoms with Gasteiger partial charge in [0.1, 0.15) is 6.34 Å². The second-order valence-corrected chi connectivity index (χ2v) is 6.00. The van der Waals surface area contributed by atoms with Gasteiger partial charge in [0.05, 0.1) is 11.3 Å². The van der Waals surface area contributed by atoms with E-state index >= 15 is 0 Å². The van der Waals surface area contributed by atoms with Gasteiger partial charge >= 0.3 is 6.18 Å². The van der Waals surface area contributed by atoms with Gasteiger partial charge in [-0.05, 0) is 36.2 Å². The van der Waals surface area contributed by atoms with Crippen molar-refractivity contribution in [3.05, 3.63) is 59.2 Å². The Labute approximate surface area is 148 Å². The van der Waals surface area contributed by atoms with Crippen molar-refractivity contribution in [2.45, 2.75) is 25.8 Å². The van der Waals surface area contributed by atoms with E-state index in [1.807, 2.05) is 19.1 Å². The van der Waals surface area contributed by atoms with Gasteiger partial charge in [-0.3, -0.25) is 4.79 Å². The SMILES string of the molecule is Cc1cc(CN2C=NN(c3ccccc3C(F)(F)F)C2C=O)ccc1N. The molecule has 0 saturated carbocycles. The summed E-state index contributed by atoms with van der Waals surface area (Å²) >= 11 is 0. The predicted octanol–water partition coefficient (Wildman–Crippen LogP) is 3.39. The van der Waals surface area contributed by atoms with Crippen molar-refractivity contribution < 1.29 is 18.0 Å². The van der Waals surface area contributed by atoms with Crippen molar-refractivity contribution in [3.63, 3.8) is 0 Å². The Bertz CT molecular complexity index is 851. The first-order valence-corrected chi connectivity index (χ1v) is 7.87. The highest BCUT2D eigenvalue weighted by molar-refractivity contribution is 5.77. The van der Waals surface area contributed by atoms with E-state index in [4.69, 9.17) is 5.73 Å². The number of rotatable bonds is 4. The van der Waals surface area contributed by atoms with Gasteiger partial charge in [0.25, 0.3) is 0 Å². The number of carbonyl (C=O) groups is 1. The van der Waals surface area contributed by atoms with Crippen LogP contribution in [0.2, 0.25) is 0 Å². The normalized spacial score (nSPS) is 17.0. The van der Waals surface area contributed by atoms with Gasteiger partial charge < -0.3 is 10.6 Å². The summed E-state index contributed by atoms with van der Waals surface area (Å²) in [6, 6.07) is 10.5. The molecule has 1 heterocycles. The van der Waals surface area contributed by atoms with Crippen LogP contribution in [0.25, 0.3) is 0 Å². The van der Waals surface area contributed by atoms with Crippen molar-refractivity contribution in [2.24, 2.45) is 5.10 Å². The average Bonchev–Trinajstić information content (AvgIpc) is 3.00. The molecule has 1 aliphatic rings. The maximum atomic E-state index is 13.3. The molecule has 3 rings (SSSR count). The van der Waals surface area contributed by atoms with Crippen molar-refractivity contribution in [1.82, 2.24) is 4.90 Å². The van der Waals surface area contributed by atoms with Gasteiger partial charge in [0.2, 0.25) is 0 Å². The number of benzene rings is 2. The number of hydrogen-bond donors (Lipinski definition) is 1. The Morgan fingerprint density at radius 2 is 1.96 bits per heavy atom. The van der Waals surface area contributed by atoms with Crippen LogP contribution >= 0.6 is 0 Å². The number of nitrogens with two attached hydrogens (primary N) is 1. The van der Waals surface area contributed by atoms with E-state index in [9.17, 15) is 18.0 Å². The first-order chi connectivity index (χ1) is 12.3. The first-order valence-electron chi connectivity index (χ1n) is 7.87. The molecule has 136 valence electrons. The Balaban J connectivity index is 1.88. The molecular weight excluding hydrogens is 345 g/mol. The third-order valence-corrected chi connectivity index (χ3v) is 4.19. The molecule has 26 heavy (non-hydrogen) atoms. The van der Waals surface area contributed by atoms with Crippen LogP contribution in [0.15, 0.2) is 47.6 Å². The Morgan fingerprint density at radius 1 is 1.23 bits per heavy atom. The third kappa shape index (κ3) is 3.35.